The molecule has 5 heteroatoms. The summed E-state index contributed by atoms with van der Waals surface area (Å²) in [6.07, 6.45) is 3.12. The Labute approximate surface area is 115 Å². The van der Waals surface area contributed by atoms with E-state index in [0.29, 0.717) is 12.4 Å². The van der Waals surface area contributed by atoms with Gasteiger partial charge in [-0.25, -0.2) is 0 Å². The lowest BCUT2D eigenvalue weighted by Gasteiger charge is -2.02. The number of unbranched alkanes of at least 4 members (excludes halogenated alkanes) is 1. The first-order valence-electron chi connectivity index (χ1n) is 6.09. The summed E-state index contributed by atoms with van der Waals surface area (Å²) in [7, 11) is 0. The van der Waals surface area contributed by atoms with Crippen molar-refractivity contribution < 1.29 is 4.52 Å². The Balaban J connectivity index is 1.88. The predicted molar refractivity (Wildman–Crippen MR) is 74.4 cm³/mol. The molecule has 0 aliphatic rings. The number of hydrogen-bond donors (Lipinski definition) is 1. The van der Waals surface area contributed by atoms with E-state index in [1.165, 1.54) is 0 Å². The van der Waals surface area contributed by atoms with Gasteiger partial charge in [0, 0.05) is 16.6 Å². The van der Waals surface area contributed by atoms with E-state index in [-0.39, 0.29) is 0 Å². The van der Waals surface area contributed by atoms with Crippen LogP contribution in [0.1, 0.15) is 31.5 Å². The summed E-state index contributed by atoms with van der Waals surface area (Å²) in [6.45, 7) is 2.70. The van der Waals surface area contributed by atoms with E-state index < -0.39 is 0 Å². The summed E-state index contributed by atoms with van der Waals surface area (Å²) in [5, 5.41) is 7.19. The molecule has 96 valence electrons. The van der Waals surface area contributed by atoms with E-state index in [9.17, 15) is 0 Å². The van der Waals surface area contributed by atoms with Gasteiger partial charge in [0.25, 0.3) is 0 Å². The van der Waals surface area contributed by atoms with Crippen LogP contribution in [-0.4, -0.2) is 10.1 Å². The van der Waals surface area contributed by atoms with E-state index in [1.54, 1.807) is 0 Å². The molecule has 0 atom stereocenters. The van der Waals surface area contributed by atoms with Crippen molar-refractivity contribution in [3.05, 3.63) is 40.5 Å². The predicted octanol–water partition coefficient (Wildman–Crippen LogP) is 3.79. The lowest BCUT2D eigenvalue weighted by Crippen LogP contribution is -1.99. The maximum absolute atomic E-state index is 5.18. The third kappa shape index (κ3) is 3.84. The van der Waals surface area contributed by atoms with E-state index in [2.05, 4.69) is 38.3 Å². The van der Waals surface area contributed by atoms with E-state index in [4.69, 9.17) is 4.52 Å². The van der Waals surface area contributed by atoms with Crippen molar-refractivity contribution in [2.24, 2.45) is 0 Å². The third-order valence-electron chi connectivity index (χ3n) is 2.53. The fourth-order valence-corrected chi connectivity index (χ4v) is 1.97. The number of rotatable bonds is 6. The van der Waals surface area contributed by atoms with Crippen molar-refractivity contribution in [1.82, 2.24) is 10.1 Å². The maximum atomic E-state index is 5.18. The fourth-order valence-electron chi connectivity index (χ4n) is 1.57. The minimum absolute atomic E-state index is 0.551. The van der Waals surface area contributed by atoms with Crippen LogP contribution in [-0.2, 0) is 13.0 Å². The summed E-state index contributed by atoms with van der Waals surface area (Å²) >= 11 is 3.43. The second kappa shape index (κ2) is 6.54. The molecule has 4 nitrogen and oxygen atoms in total. The number of aryl methyl sites for hydroxylation is 1. The first kappa shape index (κ1) is 13.1. The zero-order valence-corrected chi connectivity index (χ0v) is 11.9. The molecule has 0 saturated carbocycles. The van der Waals surface area contributed by atoms with Crippen molar-refractivity contribution in [2.45, 2.75) is 32.7 Å². The zero-order chi connectivity index (χ0) is 12.8. The highest BCUT2D eigenvalue weighted by Crippen LogP contribution is 2.16. The first-order valence-corrected chi connectivity index (χ1v) is 6.88. The molecule has 0 unspecified atom stereocenters. The lowest BCUT2D eigenvalue weighted by molar-refractivity contribution is 0.377. The van der Waals surface area contributed by atoms with Crippen LogP contribution in [0, 0.1) is 0 Å². The molecule has 1 N–H and O–H groups in total. The lowest BCUT2D eigenvalue weighted by atomic mass is 10.2. The van der Waals surface area contributed by atoms with Gasteiger partial charge in [-0.05, 0) is 24.6 Å². The van der Waals surface area contributed by atoms with Crippen LogP contribution in [0.3, 0.4) is 0 Å². The Morgan fingerprint density at radius 1 is 1.39 bits per heavy atom. The van der Waals surface area contributed by atoms with Gasteiger partial charge in [-0.1, -0.05) is 40.5 Å². The van der Waals surface area contributed by atoms with E-state index in [1.807, 2.05) is 24.3 Å². The zero-order valence-electron chi connectivity index (χ0n) is 10.3. The number of halogens is 1. The molecule has 0 radical (unpaired) electrons. The normalized spacial score (nSPS) is 10.6. The molecule has 0 spiro atoms. The molecule has 0 aliphatic carbocycles. The Hall–Kier alpha value is -1.36. The Morgan fingerprint density at radius 2 is 2.28 bits per heavy atom. The number of hydrogen-bond acceptors (Lipinski definition) is 4. The van der Waals surface area contributed by atoms with E-state index in [0.717, 1.165) is 35.2 Å². The van der Waals surface area contributed by atoms with Crippen LogP contribution in [0.5, 0.6) is 0 Å². The highest BCUT2D eigenvalue weighted by atomic mass is 79.9. The number of anilines is 1. The summed E-state index contributed by atoms with van der Waals surface area (Å²) in [5.74, 6) is 1.42. The molecule has 2 rings (SSSR count). The van der Waals surface area contributed by atoms with Crippen LogP contribution in [0.25, 0.3) is 0 Å². The molecule has 1 heterocycles. The molecule has 0 fully saturated rings. The molecule has 0 saturated heterocycles. The molecular formula is C13H16BrN3O. The Morgan fingerprint density at radius 3 is 3.06 bits per heavy atom. The quantitative estimate of drug-likeness (QED) is 0.882. The van der Waals surface area contributed by atoms with Gasteiger partial charge in [-0.3, -0.25) is 0 Å². The molecule has 0 amide bonds. The molecular weight excluding hydrogens is 294 g/mol. The third-order valence-corrected chi connectivity index (χ3v) is 3.03. The second-order valence-corrected chi connectivity index (χ2v) is 4.99. The van der Waals surface area contributed by atoms with Gasteiger partial charge in [0.1, 0.15) is 0 Å². The fraction of sp³-hybridized carbons (Fsp3) is 0.385. The van der Waals surface area contributed by atoms with E-state index >= 15 is 0 Å². The summed E-state index contributed by atoms with van der Waals surface area (Å²) in [4.78, 5) is 4.33. The monoisotopic (exact) mass is 309 g/mol. The molecule has 2 aromatic rings. The number of aromatic nitrogens is 2. The minimum atomic E-state index is 0.551. The highest BCUT2D eigenvalue weighted by molar-refractivity contribution is 9.10. The van der Waals surface area contributed by atoms with Crippen molar-refractivity contribution in [2.75, 3.05) is 5.32 Å². The largest absolute Gasteiger partial charge is 0.376 e. The van der Waals surface area contributed by atoms with Crippen molar-refractivity contribution in [3.8, 4) is 0 Å². The van der Waals surface area contributed by atoms with Crippen LogP contribution in [0.15, 0.2) is 33.3 Å². The van der Waals surface area contributed by atoms with Gasteiger partial charge in [-0.2, -0.15) is 4.98 Å². The van der Waals surface area contributed by atoms with Gasteiger partial charge in [-0.15, -0.1) is 0 Å². The summed E-state index contributed by atoms with van der Waals surface area (Å²) < 4.78 is 6.22. The van der Waals surface area contributed by atoms with Crippen molar-refractivity contribution >= 4 is 21.6 Å². The number of nitrogens with one attached hydrogen (secondary N) is 1. The molecule has 0 aliphatic heterocycles. The average molecular weight is 310 g/mol. The topological polar surface area (TPSA) is 51.0 Å². The SMILES string of the molecule is CCCCc1noc(CNc2cccc(Br)c2)n1. The van der Waals surface area contributed by atoms with Gasteiger partial charge >= 0.3 is 0 Å². The number of nitrogens with zero attached hydrogens (tertiary/aromatic N) is 2. The van der Waals surface area contributed by atoms with Crippen molar-refractivity contribution in [1.29, 1.82) is 0 Å². The molecule has 1 aromatic heterocycles. The van der Waals surface area contributed by atoms with Crippen molar-refractivity contribution in [3.63, 3.8) is 0 Å². The smallest absolute Gasteiger partial charge is 0.245 e. The van der Waals surface area contributed by atoms with Gasteiger partial charge in [0.2, 0.25) is 5.89 Å². The Bertz CT molecular complexity index is 498. The molecule has 18 heavy (non-hydrogen) atoms. The Kier molecular flexibility index (Phi) is 4.75. The van der Waals surface area contributed by atoms with Crippen LogP contribution >= 0.6 is 15.9 Å². The summed E-state index contributed by atoms with van der Waals surface area (Å²) in [5.41, 5.74) is 1.03. The van der Waals surface area contributed by atoms with Gasteiger partial charge < -0.3 is 9.84 Å². The summed E-state index contributed by atoms with van der Waals surface area (Å²) in [6, 6.07) is 7.97. The minimum Gasteiger partial charge on any atom is -0.376 e. The van der Waals surface area contributed by atoms with Crippen LogP contribution < -0.4 is 5.32 Å². The highest BCUT2D eigenvalue weighted by Gasteiger charge is 2.05. The van der Waals surface area contributed by atoms with Gasteiger partial charge in [0.05, 0.1) is 6.54 Å². The number of benzene rings is 1. The average Bonchev–Trinajstić information content (AvgIpc) is 2.82. The second-order valence-electron chi connectivity index (χ2n) is 4.07. The van der Waals surface area contributed by atoms with Crippen LogP contribution in [0.2, 0.25) is 0 Å². The van der Waals surface area contributed by atoms with Crippen LogP contribution in [0.4, 0.5) is 5.69 Å². The maximum Gasteiger partial charge on any atom is 0.245 e. The molecule has 0 bridgehead atoms. The first-order chi connectivity index (χ1) is 8.78. The molecule has 1 aromatic carbocycles. The van der Waals surface area contributed by atoms with Gasteiger partial charge in [0.15, 0.2) is 5.82 Å². The standard InChI is InChI=1S/C13H16BrN3O/c1-2-3-7-12-16-13(18-17-12)9-15-11-6-4-5-10(14)8-11/h4-6,8,15H,2-3,7,9H2,1H3.